The molecule has 1 rings (SSSR count). The Morgan fingerprint density at radius 3 is 2.85 bits per heavy atom. The third kappa shape index (κ3) is 3.36. The van der Waals surface area contributed by atoms with Crippen LogP contribution in [0.4, 0.5) is 0 Å². The molecule has 0 bridgehead atoms. The van der Waals surface area contributed by atoms with Crippen molar-refractivity contribution in [2.75, 3.05) is 0 Å². The van der Waals surface area contributed by atoms with Gasteiger partial charge in [-0.05, 0) is 18.1 Å². The molecule has 0 spiro atoms. The van der Waals surface area contributed by atoms with Gasteiger partial charge in [0.2, 0.25) is 0 Å². The lowest BCUT2D eigenvalue weighted by Crippen LogP contribution is -1.87. The zero-order valence-corrected chi connectivity index (χ0v) is 8.21. The molecule has 0 aromatic heterocycles. The standard InChI is InChI=1S/C9H12O3S/c1-2-5-8-6-3-4-7-9(8)13-12-11-10/h3-4,6-7,10H,2,5H2,1H3. The minimum Gasteiger partial charge on any atom is -0.220 e. The van der Waals surface area contributed by atoms with Crippen LogP contribution in [0.25, 0.3) is 0 Å². The van der Waals surface area contributed by atoms with Gasteiger partial charge in [-0.25, -0.2) is 5.26 Å². The van der Waals surface area contributed by atoms with Crippen molar-refractivity contribution in [3.63, 3.8) is 0 Å². The summed E-state index contributed by atoms with van der Waals surface area (Å²) in [6.07, 6.45) is 2.08. The monoisotopic (exact) mass is 200 g/mol. The average Bonchev–Trinajstić information content (AvgIpc) is 2.17. The molecular formula is C9H12O3S. The van der Waals surface area contributed by atoms with Crippen molar-refractivity contribution in [1.82, 2.24) is 0 Å². The van der Waals surface area contributed by atoms with Gasteiger partial charge in [0.15, 0.2) is 0 Å². The predicted octanol–water partition coefficient (Wildman–Crippen LogP) is 3.07. The van der Waals surface area contributed by atoms with Gasteiger partial charge in [0.05, 0.1) is 12.0 Å². The van der Waals surface area contributed by atoms with Crippen LogP contribution in [0.15, 0.2) is 29.2 Å². The normalized spacial score (nSPS) is 10.3. The molecule has 72 valence electrons. The molecule has 4 heteroatoms. The second-order valence-electron chi connectivity index (χ2n) is 2.58. The number of hydrogen-bond donors (Lipinski definition) is 1. The van der Waals surface area contributed by atoms with Crippen molar-refractivity contribution in [1.29, 1.82) is 0 Å². The second kappa shape index (κ2) is 5.99. The minimum atomic E-state index is 0.971. The van der Waals surface area contributed by atoms with Crippen LogP contribution in [0, 0.1) is 0 Å². The van der Waals surface area contributed by atoms with Crippen LogP contribution < -0.4 is 0 Å². The first-order chi connectivity index (χ1) is 6.38. The van der Waals surface area contributed by atoms with E-state index < -0.39 is 0 Å². The lowest BCUT2D eigenvalue weighted by molar-refractivity contribution is -0.432. The molecule has 0 aliphatic rings. The minimum absolute atomic E-state index is 0.971. The van der Waals surface area contributed by atoms with Crippen LogP contribution >= 0.6 is 12.0 Å². The van der Waals surface area contributed by atoms with Crippen molar-refractivity contribution in [3.8, 4) is 0 Å². The Morgan fingerprint density at radius 2 is 2.15 bits per heavy atom. The Bertz CT molecular complexity index is 252. The van der Waals surface area contributed by atoms with E-state index in [0.717, 1.165) is 29.8 Å². The molecular weight excluding hydrogens is 188 g/mol. The molecule has 0 atom stereocenters. The first-order valence-electron chi connectivity index (χ1n) is 4.11. The molecule has 1 aromatic rings. The topological polar surface area (TPSA) is 38.7 Å². The summed E-state index contributed by atoms with van der Waals surface area (Å²) in [5.41, 5.74) is 1.20. The van der Waals surface area contributed by atoms with Crippen LogP contribution in [0.1, 0.15) is 18.9 Å². The summed E-state index contributed by atoms with van der Waals surface area (Å²) in [5, 5.41) is 11.5. The van der Waals surface area contributed by atoms with E-state index in [1.54, 1.807) is 0 Å². The highest BCUT2D eigenvalue weighted by Gasteiger charge is 2.02. The van der Waals surface area contributed by atoms with Gasteiger partial charge in [0, 0.05) is 4.90 Å². The lowest BCUT2D eigenvalue weighted by Gasteiger charge is -2.04. The number of rotatable bonds is 5. The molecule has 0 saturated heterocycles. The molecule has 13 heavy (non-hydrogen) atoms. The van der Waals surface area contributed by atoms with E-state index >= 15 is 0 Å². The maximum atomic E-state index is 8.01. The van der Waals surface area contributed by atoms with Gasteiger partial charge in [0.1, 0.15) is 0 Å². The molecule has 0 aliphatic heterocycles. The summed E-state index contributed by atoms with van der Waals surface area (Å²) in [4.78, 5) is 0.971. The quantitative estimate of drug-likeness (QED) is 0.450. The van der Waals surface area contributed by atoms with Crippen molar-refractivity contribution in [2.45, 2.75) is 24.7 Å². The molecule has 0 radical (unpaired) electrons. The van der Waals surface area contributed by atoms with Crippen LogP contribution in [0.5, 0.6) is 0 Å². The summed E-state index contributed by atoms with van der Waals surface area (Å²) >= 11 is 1.01. The molecule has 1 N–H and O–H groups in total. The van der Waals surface area contributed by atoms with Gasteiger partial charge >= 0.3 is 0 Å². The van der Waals surface area contributed by atoms with Gasteiger partial charge in [-0.3, -0.25) is 0 Å². The molecule has 0 heterocycles. The highest BCUT2D eigenvalue weighted by Crippen LogP contribution is 2.24. The van der Waals surface area contributed by atoms with Gasteiger partial charge < -0.3 is 0 Å². The summed E-state index contributed by atoms with van der Waals surface area (Å²) in [5.74, 6) is 0. The first-order valence-corrected chi connectivity index (χ1v) is 4.85. The smallest absolute Gasteiger partial charge is 0.0717 e. The molecule has 3 nitrogen and oxygen atoms in total. The van der Waals surface area contributed by atoms with Gasteiger partial charge in [-0.15, -0.1) is 4.33 Å². The van der Waals surface area contributed by atoms with E-state index in [1.165, 1.54) is 5.56 Å². The zero-order valence-electron chi connectivity index (χ0n) is 7.40. The van der Waals surface area contributed by atoms with Crippen molar-refractivity contribution in [3.05, 3.63) is 29.8 Å². The number of aryl methyl sites for hydroxylation is 1. The summed E-state index contributed by atoms with van der Waals surface area (Å²) in [6.45, 7) is 2.12. The Hall–Kier alpha value is -0.550. The fourth-order valence-electron chi connectivity index (χ4n) is 1.11. The number of hydrogen-bond acceptors (Lipinski definition) is 4. The van der Waals surface area contributed by atoms with Crippen LogP contribution in [0.3, 0.4) is 0 Å². The molecule has 0 fully saturated rings. The lowest BCUT2D eigenvalue weighted by atomic mass is 10.1. The largest absolute Gasteiger partial charge is 0.220 e. The van der Waals surface area contributed by atoms with Crippen LogP contribution in [-0.4, -0.2) is 5.26 Å². The fraction of sp³-hybridized carbons (Fsp3) is 0.333. The van der Waals surface area contributed by atoms with Gasteiger partial charge in [-0.2, -0.15) is 0 Å². The van der Waals surface area contributed by atoms with Gasteiger partial charge in [0.25, 0.3) is 0 Å². The zero-order chi connectivity index (χ0) is 9.52. The molecule has 0 amide bonds. The molecule has 0 saturated carbocycles. The van der Waals surface area contributed by atoms with E-state index in [0.29, 0.717) is 0 Å². The predicted molar refractivity (Wildman–Crippen MR) is 51.1 cm³/mol. The summed E-state index contributed by atoms with van der Waals surface area (Å²) in [6, 6.07) is 7.86. The van der Waals surface area contributed by atoms with E-state index in [4.69, 9.17) is 5.26 Å². The molecule has 1 aromatic carbocycles. The SMILES string of the molecule is CCCc1ccccc1SOOO. The Morgan fingerprint density at radius 1 is 1.38 bits per heavy atom. The Balaban J connectivity index is 2.66. The third-order valence-electron chi connectivity index (χ3n) is 1.65. The van der Waals surface area contributed by atoms with E-state index in [2.05, 4.69) is 16.3 Å². The molecule has 0 unspecified atom stereocenters. The summed E-state index contributed by atoms with van der Waals surface area (Å²) in [7, 11) is 0. The van der Waals surface area contributed by atoms with Crippen molar-refractivity contribution in [2.24, 2.45) is 0 Å². The summed E-state index contributed by atoms with van der Waals surface area (Å²) < 4.78 is 4.38. The second-order valence-corrected chi connectivity index (χ2v) is 3.33. The van der Waals surface area contributed by atoms with Crippen molar-refractivity contribution < 1.29 is 14.6 Å². The van der Waals surface area contributed by atoms with Crippen LogP contribution in [-0.2, 0) is 15.8 Å². The average molecular weight is 200 g/mol. The molecule has 0 aliphatic carbocycles. The van der Waals surface area contributed by atoms with Gasteiger partial charge in [-0.1, -0.05) is 36.6 Å². The van der Waals surface area contributed by atoms with E-state index in [9.17, 15) is 0 Å². The highest BCUT2D eigenvalue weighted by molar-refractivity contribution is 7.94. The third-order valence-corrected chi connectivity index (χ3v) is 2.35. The Labute approximate surface area is 81.7 Å². The maximum Gasteiger partial charge on any atom is 0.0717 e. The fourth-order valence-corrected chi connectivity index (χ4v) is 1.63. The van der Waals surface area contributed by atoms with Crippen molar-refractivity contribution >= 4 is 12.0 Å². The van der Waals surface area contributed by atoms with Crippen LogP contribution in [0.2, 0.25) is 0 Å². The Kier molecular flexibility index (Phi) is 4.85. The van der Waals surface area contributed by atoms with E-state index in [1.807, 2.05) is 24.3 Å². The maximum absolute atomic E-state index is 8.01. The first kappa shape index (κ1) is 10.5. The number of benzene rings is 1. The highest BCUT2D eigenvalue weighted by atomic mass is 32.2. The van der Waals surface area contributed by atoms with E-state index in [-0.39, 0.29) is 0 Å².